The molecule has 1 heterocycles. The second-order valence-electron chi connectivity index (χ2n) is 4.38. The van der Waals surface area contributed by atoms with E-state index in [9.17, 15) is 9.59 Å². The molecule has 6 nitrogen and oxygen atoms in total. The molecule has 0 aliphatic heterocycles. The van der Waals surface area contributed by atoms with Crippen molar-refractivity contribution >= 4 is 28.5 Å². The van der Waals surface area contributed by atoms with Crippen LogP contribution in [-0.2, 0) is 16.0 Å². The van der Waals surface area contributed by atoms with Crippen LogP contribution >= 0.6 is 0 Å². The Hall–Kier alpha value is -2.50. The molecule has 1 unspecified atom stereocenters. The third-order valence-corrected chi connectivity index (χ3v) is 2.92. The number of fused-ring (bicyclic) bond motifs is 1. The highest BCUT2D eigenvalue weighted by Crippen LogP contribution is 2.25. The van der Waals surface area contributed by atoms with Gasteiger partial charge >= 0.3 is 5.97 Å². The predicted octanol–water partition coefficient (Wildman–Crippen LogP) is 0.882. The number of aromatic amines is 1. The number of anilines is 1. The van der Waals surface area contributed by atoms with Gasteiger partial charge in [-0.2, -0.15) is 0 Å². The Balaban J connectivity index is 2.34. The number of rotatable bonds is 4. The zero-order valence-electron chi connectivity index (χ0n) is 10.4. The molecule has 1 aromatic heterocycles. The molecule has 0 fully saturated rings. The Bertz CT molecular complexity index is 633. The summed E-state index contributed by atoms with van der Waals surface area (Å²) >= 11 is 0. The number of hydrogen-bond donors (Lipinski definition) is 4. The van der Waals surface area contributed by atoms with Crippen molar-refractivity contribution in [2.24, 2.45) is 0 Å². The van der Waals surface area contributed by atoms with Gasteiger partial charge in [-0.3, -0.25) is 4.79 Å². The topological polar surface area (TPSA) is 108 Å². The maximum absolute atomic E-state index is 11.1. The zero-order valence-corrected chi connectivity index (χ0v) is 10.4. The minimum absolute atomic E-state index is 0.184. The number of amides is 1. The number of carbonyl (C=O) groups excluding carboxylic acids is 1. The average Bonchev–Trinajstić information content (AvgIpc) is 2.72. The van der Waals surface area contributed by atoms with Crippen LogP contribution in [0.25, 0.3) is 10.9 Å². The van der Waals surface area contributed by atoms with E-state index in [1.54, 1.807) is 12.3 Å². The number of carbonyl (C=O) groups is 2. The van der Waals surface area contributed by atoms with Gasteiger partial charge in [-0.05, 0) is 17.7 Å². The van der Waals surface area contributed by atoms with Gasteiger partial charge in [0.2, 0.25) is 5.91 Å². The number of H-pyrrole nitrogens is 1. The summed E-state index contributed by atoms with van der Waals surface area (Å²) in [4.78, 5) is 25.2. The van der Waals surface area contributed by atoms with E-state index in [-0.39, 0.29) is 12.3 Å². The number of aliphatic carboxylic acids is 1. The van der Waals surface area contributed by atoms with Gasteiger partial charge in [0.05, 0.1) is 0 Å². The number of carboxylic acid groups (broad SMARTS) is 1. The van der Waals surface area contributed by atoms with E-state index < -0.39 is 12.0 Å². The highest BCUT2D eigenvalue weighted by molar-refractivity contribution is 5.94. The van der Waals surface area contributed by atoms with Crippen molar-refractivity contribution in [2.75, 3.05) is 5.73 Å². The molecule has 0 saturated heterocycles. The molecule has 0 spiro atoms. The highest BCUT2D eigenvalue weighted by atomic mass is 16.4. The molecule has 0 saturated carbocycles. The van der Waals surface area contributed by atoms with E-state index in [4.69, 9.17) is 10.8 Å². The Kier molecular flexibility index (Phi) is 3.41. The van der Waals surface area contributed by atoms with Crippen LogP contribution in [0.5, 0.6) is 0 Å². The number of nitrogens with two attached hydrogens (primary N) is 1. The number of hydrogen-bond acceptors (Lipinski definition) is 3. The van der Waals surface area contributed by atoms with Crippen LogP contribution in [-0.4, -0.2) is 28.0 Å². The van der Waals surface area contributed by atoms with Crippen molar-refractivity contribution < 1.29 is 14.7 Å². The standard InChI is InChI=1S/C13H15N3O3/c1-7(17)16-11(13(18)19)5-8-6-15-10-4-2-3-9(14)12(8)10/h2-4,6,11,15H,5,14H2,1H3,(H,16,17)(H,18,19). The summed E-state index contributed by atoms with van der Waals surface area (Å²) in [6, 6.07) is 4.48. The second kappa shape index (κ2) is 5.01. The largest absolute Gasteiger partial charge is 0.480 e. The third kappa shape index (κ3) is 2.67. The fourth-order valence-corrected chi connectivity index (χ4v) is 2.11. The molecule has 1 atom stereocenters. The average molecular weight is 261 g/mol. The summed E-state index contributed by atoms with van der Waals surface area (Å²) in [5, 5.41) is 12.3. The van der Waals surface area contributed by atoms with Gasteiger partial charge in [-0.1, -0.05) is 6.07 Å². The van der Waals surface area contributed by atoms with Gasteiger partial charge in [0, 0.05) is 36.1 Å². The lowest BCUT2D eigenvalue weighted by atomic mass is 10.0. The lowest BCUT2D eigenvalue weighted by Gasteiger charge is -2.12. The van der Waals surface area contributed by atoms with Gasteiger partial charge in [0.25, 0.3) is 0 Å². The fraction of sp³-hybridized carbons (Fsp3) is 0.231. The van der Waals surface area contributed by atoms with Crippen LogP contribution in [0.1, 0.15) is 12.5 Å². The SMILES string of the molecule is CC(=O)NC(Cc1c[nH]c2cccc(N)c12)C(=O)O. The van der Waals surface area contributed by atoms with Gasteiger partial charge in [-0.15, -0.1) is 0 Å². The molecule has 2 rings (SSSR count). The van der Waals surface area contributed by atoms with Crippen molar-refractivity contribution in [3.05, 3.63) is 30.0 Å². The van der Waals surface area contributed by atoms with Crippen LogP contribution < -0.4 is 11.1 Å². The van der Waals surface area contributed by atoms with Crippen LogP contribution in [0.3, 0.4) is 0 Å². The number of nitrogens with one attached hydrogen (secondary N) is 2. The van der Waals surface area contributed by atoms with Gasteiger partial charge < -0.3 is 21.1 Å². The molecule has 0 aliphatic carbocycles. The summed E-state index contributed by atoms with van der Waals surface area (Å²) in [7, 11) is 0. The lowest BCUT2D eigenvalue weighted by Crippen LogP contribution is -2.41. The molecule has 6 heteroatoms. The van der Waals surface area contributed by atoms with E-state index in [2.05, 4.69) is 10.3 Å². The Morgan fingerprint density at radius 2 is 2.21 bits per heavy atom. The fourth-order valence-electron chi connectivity index (χ4n) is 2.11. The number of aromatic nitrogens is 1. The molecule has 0 aliphatic rings. The first-order chi connectivity index (χ1) is 8.99. The normalized spacial score (nSPS) is 12.3. The molecule has 100 valence electrons. The van der Waals surface area contributed by atoms with Crippen molar-refractivity contribution in [1.29, 1.82) is 0 Å². The van der Waals surface area contributed by atoms with Crippen LogP contribution in [0.2, 0.25) is 0 Å². The van der Waals surface area contributed by atoms with E-state index in [0.717, 1.165) is 16.5 Å². The lowest BCUT2D eigenvalue weighted by molar-refractivity contribution is -0.141. The molecule has 19 heavy (non-hydrogen) atoms. The zero-order chi connectivity index (χ0) is 14.0. The second-order valence-corrected chi connectivity index (χ2v) is 4.38. The van der Waals surface area contributed by atoms with E-state index in [1.807, 2.05) is 12.1 Å². The van der Waals surface area contributed by atoms with Gasteiger partial charge in [0.15, 0.2) is 0 Å². The highest BCUT2D eigenvalue weighted by Gasteiger charge is 2.20. The Morgan fingerprint density at radius 3 is 2.84 bits per heavy atom. The summed E-state index contributed by atoms with van der Waals surface area (Å²) < 4.78 is 0. The molecule has 1 amide bonds. The van der Waals surface area contributed by atoms with Crippen molar-refractivity contribution in [1.82, 2.24) is 10.3 Å². The summed E-state index contributed by atoms with van der Waals surface area (Å²) in [5.74, 6) is -1.45. The monoisotopic (exact) mass is 261 g/mol. The molecule has 0 bridgehead atoms. The molecule has 2 aromatic rings. The number of benzene rings is 1. The first-order valence-electron chi connectivity index (χ1n) is 5.83. The van der Waals surface area contributed by atoms with Crippen molar-refractivity contribution in [2.45, 2.75) is 19.4 Å². The molecular formula is C13H15N3O3. The Morgan fingerprint density at radius 1 is 1.47 bits per heavy atom. The van der Waals surface area contributed by atoms with E-state index in [1.165, 1.54) is 6.92 Å². The summed E-state index contributed by atoms with van der Waals surface area (Å²) in [6.45, 7) is 1.29. The van der Waals surface area contributed by atoms with E-state index >= 15 is 0 Å². The van der Waals surface area contributed by atoms with Gasteiger partial charge in [-0.25, -0.2) is 4.79 Å². The maximum atomic E-state index is 11.1. The molecular weight excluding hydrogens is 246 g/mol. The molecule has 5 N–H and O–H groups in total. The summed E-state index contributed by atoms with van der Waals surface area (Å²) in [6.07, 6.45) is 1.90. The number of nitrogen functional groups attached to an aromatic ring is 1. The Labute approximate surface area is 109 Å². The van der Waals surface area contributed by atoms with E-state index in [0.29, 0.717) is 5.69 Å². The third-order valence-electron chi connectivity index (χ3n) is 2.92. The molecule has 0 radical (unpaired) electrons. The quantitative estimate of drug-likeness (QED) is 0.613. The summed E-state index contributed by atoms with van der Waals surface area (Å²) in [5.41, 5.74) is 8.11. The van der Waals surface area contributed by atoms with Gasteiger partial charge in [0.1, 0.15) is 6.04 Å². The minimum atomic E-state index is -1.07. The number of carboxylic acids is 1. The first kappa shape index (κ1) is 12.9. The van der Waals surface area contributed by atoms with Crippen LogP contribution in [0.4, 0.5) is 5.69 Å². The predicted molar refractivity (Wildman–Crippen MR) is 71.7 cm³/mol. The molecule has 1 aromatic carbocycles. The van der Waals surface area contributed by atoms with Crippen LogP contribution in [0, 0.1) is 0 Å². The smallest absolute Gasteiger partial charge is 0.326 e. The first-order valence-corrected chi connectivity index (χ1v) is 5.83. The van der Waals surface area contributed by atoms with Crippen molar-refractivity contribution in [3.8, 4) is 0 Å². The maximum Gasteiger partial charge on any atom is 0.326 e. The van der Waals surface area contributed by atoms with Crippen LogP contribution in [0.15, 0.2) is 24.4 Å². The minimum Gasteiger partial charge on any atom is -0.480 e. The van der Waals surface area contributed by atoms with Crippen molar-refractivity contribution in [3.63, 3.8) is 0 Å².